The molecule has 0 atom stereocenters. The Bertz CT molecular complexity index is 440. The molecular weight excluding hydrogens is 366 g/mol. The molecule has 1 aliphatic rings. The van der Waals surface area contributed by atoms with E-state index < -0.39 is 17.8 Å². The van der Waals surface area contributed by atoms with Crippen molar-refractivity contribution in [3.63, 3.8) is 0 Å². The highest BCUT2D eigenvalue weighted by Crippen LogP contribution is 2.11. The van der Waals surface area contributed by atoms with Gasteiger partial charge < -0.3 is 27.4 Å². The van der Waals surface area contributed by atoms with Crippen molar-refractivity contribution in [2.75, 3.05) is 26.2 Å². The lowest BCUT2D eigenvalue weighted by Gasteiger charge is -2.09. The maximum atomic E-state index is 10.7. The zero-order chi connectivity index (χ0) is 21.8. The van der Waals surface area contributed by atoms with E-state index in [-0.39, 0.29) is 18.7 Å². The van der Waals surface area contributed by atoms with Gasteiger partial charge in [0.05, 0.1) is 0 Å². The number of unbranched alkanes of at least 4 members (excludes halogenated alkanes) is 4. The number of hydrogen-bond donors (Lipinski definition) is 4. The van der Waals surface area contributed by atoms with Crippen molar-refractivity contribution in [3.8, 4) is 0 Å². The SMILES string of the molecule is CC(=O)NCCCCCN.CC(=O)ON1C(=O)CCC1=O.NCCCCCN. The highest BCUT2D eigenvalue weighted by molar-refractivity contribution is 6.01. The lowest BCUT2D eigenvalue weighted by atomic mass is 10.2. The van der Waals surface area contributed by atoms with E-state index in [1.165, 1.54) is 13.3 Å². The molecule has 0 aliphatic carbocycles. The second kappa shape index (κ2) is 19.7. The van der Waals surface area contributed by atoms with Crippen LogP contribution in [0.25, 0.3) is 0 Å². The number of nitrogens with zero attached hydrogens (tertiary/aromatic N) is 1. The van der Waals surface area contributed by atoms with Crippen LogP contribution in [0.15, 0.2) is 0 Å². The van der Waals surface area contributed by atoms with Crippen LogP contribution in [0.2, 0.25) is 0 Å². The molecule has 1 saturated heterocycles. The molecule has 1 aliphatic heterocycles. The smallest absolute Gasteiger partial charge is 0.330 e. The minimum atomic E-state index is -0.659. The first-order valence-corrected chi connectivity index (χ1v) is 9.69. The Kier molecular flexibility index (Phi) is 19.8. The lowest BCUT2D eigenvalue weighted by Crippen LogP contribution is -2.30. The summed E-state index contributed by atoms with van der Waals surface area (Å²) < 4.78 is 0. The van der Waals surface area contributed by atoms with Crippen LogP contribution in [0, 0.1) is 0 Å². The first-order chi connectivity index (χ1) is 13.3. The van der Waals surface area contributed by atoms with E-state index in [0.717, 1.165) is 65.2 Å². The predicted molar refractivity (Wildman–Crippen MR) is 106 cm³/mol. The van der Waals surface area contributed by atoms with E-state index in [0.29, 0.717) is 5.06 Å². The summed E-state index contributed by atoms with van der Waals surface area (Å²) >= 11 is 0. The van der Waals surface area contributed by atoms with E-state index >= 15 is 0 Å². The molecule has 0 unspecified atom stereocenters. The fourth-order valence-corrected chi connectivity index (χ4v) is 1.96. The predicted octanol–water partition coefficient (Wildman–Crippen LogP) is -0.0609. The number of carbonyl (C=O) groups excluding carboxylic acids is 4. The summed E-state index contributed by atoms with van der Waals surface area (Å²) in [5.74, 6) is -1.52. The maximum Gasteiger partial charge on any atom is 0.330 e. The van der Waals surface area contributed by atoms with Gasteiger partial charge >= 0.3 is 5.97 Å². The molecular formula is C18H37N5O5. The summed E-state index contributed by atoms with van der Waals surface area (Å²) in [5.41, 5.74) is 15.7. The van der Waals surface area contributed by atoms with Gasteiger partial charge in [-0.15, -0.1) is 5.06 Å². The quantitative estimate of drug-likeness (QED) is 0.290. The normalized spacial score (nSPS) is 12.5. The van der Waals surface area contributed by atoms with Crippen LogP contribution in [0.1, 0.15) is 65.2 Å². The molecule has 0 spiro atoms. The molecule has 1 heterocycles. The van der Waals surface area contributed by atoms with Gasteiger partial charge in [0, 0.05) is 33.2 Å². The van der Waals surface area contributed by atoms with Gasteiger partial charge in [0.2, 0.25) is 5.91 Å². The Balaban J connectivity index is 0. The summed E-state index contributed by atoms with van der Waals surface area (Å²) in [6, 6.07) is 0. The summed E-state index contributed by atoms with van der Waals surface area (Å²) in [5, 5.41) is 3.24. The number of amides is 3. The van der Waals surface area contributed by atoms with Gasteiger partial charge in [-0.25, -0.2) is 4.79 Å². The molecule has 0 bridgehead atoms. The van der Waals surface area contributed by atoms with Gasteiger partial charge in [-0.3, -0.25) is 14.4 Å². The molecule has 3 amide bonds. The molecule has 1 fully saturated rings. The highest BCUT2D eigenvalue weighted by Gasteiger charge is 2.31. The number of hydrogen-bond acceptors (Lipinski definition) is 8. The Morgan fingerprint density at radius 3 is 1.64 bits per heavy atom. The standard InChI is InChI=1S/C7H16N2O.C6H7NO4.C5H14N2/c1-7(10)9-6-4-2-3-5-8;1-4(8)11-7-5(9)2-3-6(7)10;6-4-2-1-3-5-7/h2-6,8H2,1H3,(H,9,10);2-3H2,1H3;1-7H2. The van der Waals surface area contributed by atoms with Crippen molar-refractivity contribution in [2.24, 2.45) is 17.2 Å². The van der Waals surface area contributed by atoms with Crippen molar-refractivity contribution in [1.82, 2.24) is 10.4 Å². The van der Waals surface area contributed by atoms with Crippen molar-refractivity contribution in [1.29, 1.82) is 0 Å². The minimum Gasteiger partial charge on any atom is -0.356 e. The molecule has 164 valence electrons. The van der Waals surface area contributed by atoms with Crippen molar-refractivity contribution in [3.05, 3.63) is 0 Å². The van der Waals surface area contributed by atoms with E-state index in [9.17, 15) is 19.2 Å². The molecule has 1 rings (SSSR count). The molecule has 28 heavy (non-hydrogen) atoms. The molecule has 0 radical (unpaired) electrons. The number of nitrogens with one attached hydrogen (secondary N) is 1. The Labute approximate surface area is 167 Å². The van der Waals surface area contributed by atoms with Gasteiger partial charge in [-0.2, -0.15) is 0 Å². The summed E-state index contributed by atoms with van der Waals surface area (Å²) in [4.78, 5) is 46.5. The van der Waals surface area contributed by atoms with Gasteiger partial charge in [-0.05, 0) is 45.3 Å². The van der Waals surface area contributed by atoms with Crippen LogP contribution < -0.4 is 22.5 Å². The largest absolute Gasteiger partial charge is 0.356 e. The average Bonchev–Trinajstić information content (AvgIpc) is 2.94. The second-order valence-corrected chi connectivity index (χ2v) is 6.14. The monoisotopic (exact) mass is 403 g/mol. The molecule has 0 saturated carbocycles. The summed E-state index contributed by atoms with van der Waals surface area (Å²) in [6.45, 7) is 5.82. The maximum absolute atomic E-state index is 10.7. The Morgan fingerprint density at radius 2 is 1.29 bits per heavy atom. The summed E-state index contributed by atoms with van der Waals surface area (Å²) in [6.07, 6.45) is 6.90. The van der Waals surface area contributed by atoms with Crippen LogP contribution in [-0.2, 0) is 24.0 Å². The summed E-state index contributed by atoms with van der Waals surface area (Å²) in [7, 11) is 0. The van der Waals surface area contributed by atoms with Crippen LogP contribution >= 0.6 is 0 Å². The number of nitrogens with two attached hydrogens (primary N) is 3. The third-order valence-corrected chi connectivity index (χ3v) is 3.39. The van der Waals surface area contributed by atoms with Gasteiger partial charge in [0.1, 0.15) is 0 Å². The van der Waals surface area contributed by atoms with Crippen molar-refractivity contribution >= 4 is 23.7 Å². The number of rotatable bonds is 10. The lowest BCUT2D eigenvalue weighted by molar-refractivity contribution is -0.195. The Morgan fingerprint density at radius 1 is 0.857 bits per heavy atom. The van der Waals surface area contributed by atoms with Gasteiger partial charge in [-0.1, -0.05) is 12.8 Å². The first kappa shape index (κ1) is 28.2. The topological polar surface area (TPSA) is 171 Å². The fraction of sp³-hybridized carbons (Fsp3) is 0.778. The highest BCUT2D eigenvalue weighted by atomic mass is 16.7. The molecule has 10 heteroatoms. The zero-order valence-corrected chi connectivity index (χ0v) is 17.2. The van der Waals surface area contributed by atoms with Crippen LogP contribution in [0.5, 0.6) is 0 Å². The van der Waals surface area contributed by atoms with E-state index in [1.807, 2.05) is 0 Å². The number of hydroxylamine groups is 2. The second-order valence-electron chi connectivity index (χ2n) is 6.14. The number of carbonyl (C=O) groups is 4. The minimum absolute atomic E-state index is 0.0488. The third kappa shape index (κ3) is 18.7. The third-order valence-electron chi connectivity index (χ3n) is 3.39. The van der Waals surface area contributed by atoms with E-state index in [2.05, 4.69) is 10.2 Å². The number of imide groups is 1. The van der Waals surface area contributed by atoms with E-state index in [4.69, 9.17) is 17.2 Å². The average molecular weight is 404 g/mol. The molecule has 7 N–H and O–H groups in total. The molecule has 0 aromatic heterocycles. The molecule has 10 nitrogen and oxygen atoms in total. The molecule has 0 aromatic carbocycles. The molecule has 0 aromatic rings. The van der Waals surface area contributed by atoms with Crippen LogP contribution in [-0.4, -0.2) is 54.9 Å². The zero-order valence-electron chi connectivity index (χ0n) is 17.2. The van der Waals surface area contributed by atoms with E-state index in [1.54, 1.807) is 0 Å². The van der Waals surface area contributed by atoms with Crippen molar-refractivity contribution < 1.29 is 24.0 Å². The van der Waals surface area contributed by atoms with Crippen molar-refractivity contribution in [2.45, 2.75) is 65.2 Å². The Hall–Kier alpha value is -2.04. The van der Waals surface area contributed by atoms with Gasteiger partial charge in [0.25, 0.3) is 11.8 Å². The van der Waals surface area contributed by atoms with Crippen LogP contribution in [0.4, 0.5) is 0 Å². The van der Waals surface area contributed by atoms with Crippen LogP contribution in [0.3, 0.4) is 0 Å². The fourth-order valence-electron chi connectivity index (χ4n) is 1.96. The van der Waals surface area contributed by atoms with Gasteiger partial charge in [0.15, 0.2) is 0 Å². The first-order valence-electron chi connectivity index (χ1n) is 9.69.